The topological polar surface area (TPSA) is 84.1 Å². The third-order valence-electron chi connectivity index (χ3n) is 7.99. The van der Waals surface area contributed by atoms with Gasteiger partial charge >= 0.3 is 6.03 Å². The zero-order valence-electron chi connectivity index (χ0n) is 23.2. The minimum Gasteiger partial charge on any atom is -0.495 e. The number of aromatic amines is 1. The Labute approximate surface area is 233 Å². The van der Waals surface area contributed by atoms with Crippen molar-refractivity contribution in [3.05, 3.63) is 83.6 Å². The number of hydrogen-bond donors (Lipinski definition) is 1. The second kappa shape index (κ2) is 9.93. The van der Waals surface area contributed by atoms with Crippen molar-refractivity contribution in [3.63, 3.8) is 0 Å². The molecule has 0 saturated carbocycles. The highest BCUT2D eigenvalue weighted by Gasteiger charge is 2.61. The van der Waals surface area contributed by atoms with Crippen molar-refractivity contribution in [3.8, 4) is 17.2 Å². The lowest BCUT2D eigenvalue weighted by Gasteiger charge is -2.40. The van der Waals surface area contributed by atoms with Crippen LogP contribution in [0.15, 0.2) is 66.7 Å². The number of imide groups is 1. The first-order valence-corrected chi connectivity index (χ1v) is 13.7. The van der Waals surface area contributed by atoms with Gasteiger partial charge in [0.25, 0.3) is 5.91 Å². The number of nitrogens with one attached hydrogen (secondary N) is 1. The van der Waals surface area contributed by atoms with Crippen molar-refractivity contribution in [1.29, 1.82) is 0 Å². The van der Waals surface area contributed by atoms with Gasteiger partial charge in [-0.3, -0.25) is 4.79 Å². The second-order valence-corrected chi connectivity index (χ2v) is 10.3. The summed E-state index contributed by atoms with van der Waals surface area (Å²) in [6, 6.07) is 20.8. The predicted octanol–water partition coefficient (Wildman–Crippen LogP) is 6.19. The number of carbonyl (C=O) groups is 2. The maximum atomic E-state index is 14.3. The van der Waals surface area contributed by atoms with Gasteiger partial charge in [-0.05, 0) is 61.7 Å². The zero-order valence-corrected chi connectivity index (χ0v) is 23.2. The first kappa shape index (κ1) is 25.8. The number of amides is 3. The van der Waals surface area contributed by atoms with Gasteiger partial charge in [0.1, 0.15) is 5.75 Å². The molecule has 2 aliphatic rings. The van der Waals surface area contributed by atoms with E-state index >= 15 is 0 Å². The molecule has 206 valence electrons. The van der Waals surface area contributed by atoms with E-state index in [1.165, 1.54) is 12.0 Å². The van der Waals surface area contributed by atoms with E-state index in [9.17, 15) is 9.59 Å². The summed E-state index contributed by atoms with van der Waals surface area (Å²) in [6.45, 7) is 7.26. The third-order valence-corrected chi connectivity index (χ3v) is 7.99. The van der Waals surface area contributed by atoms with Gasteiger partial charge in [0.15, 0.2) is 17.0 Å². The fraction of sp³-hybridized carbons (Fsp3) is 0.312. The molecule has 40 heavy (non-hydrogen) atoms. The van der Waals surface area contributed by atoms with E-state index in [2.05, 4.69) is 18.0 Å². The molecule has 2 unspecified atom stereocenters. The number of ether oxygens (including phenoxy) is 3. The highest BCUT2D eigenvalue weighted by molar-refractivity contribution is 6.24. The summed E-state index contributed by atoms with van der Waals surface area (Å²) in [5.74, 6) is 1.31. The molecule has 6 rings (SSSR count). The molecule has 1 aromatic heterocycles. The van der Waals surface area contributed by atoms with E-state index in [0.29, 0.717) is 42.7 Å². The van der Waals surface area contributed by atoms with Crippen molar-refractivity contribution in [1.82, 2.24) is 9.88 Å². The van der Waals surface area contributed by atoms with E-state index in [0.717, 1.165) is 34.1 Å². The normalized spacial score (nSPS) is 20.1. The van der Waals surface area contributed by atoms with E-state index in [1.54, 1.807) is 23.1 Å². The van der Waals surface area contributed by atoms with E-state index < -0.39 is 5.54 Å². The van der Waals surface area contributed by atoms with Crippen LogP contribution in [0.2, 0.25) is 0 Å². The van der Waals surface area contributed by atoms with Crippen molar-refractivity contribution >= 4 is 28.5 Å². The average Bonchev–Trinajstić information content (AvgIpc) is 3.46. The van der Waals surface area contributed by atoms with E-state index in [4.69, 9.17) is 14.2 Å². The largest absolute Gasteiger partial charge is 0.495 e. The standard InChI is InChI=1S/C32H33N3O5/c1-5-17-40-26-16-15-20(18-27(26)39-6-2)22-19-34-31(37)35(24-13-9-10-14-25(24)38-4)30(36)32(34,3)29-28(22)21-11-7-8-12-23(21)33-29/h7-16,18,22,33H,5-6,17,19H2,1-4H3. The Hall–Kier alpha value is -4.46. The number of fused-ring (bicyclic) bond motifs is 5. The zero-order chi connectivity index (χ0) is 28.0. The summed E-state index contributed by atoms with van der Waals surface area (Å²) in [5.41, 5.74) is 2.86. The number of rotatable bonds is 8. The Balaban J connectivity index is 1.53. The number of benzene rings is 3. The molecule has 2 aliphatic heterocycles. The van der Waals surface area contributed by atoms with Crippen LogP contribution in [-0.4, -0.2) is 48.7 Å². The first-order chi connectivity index (χ1) is 19.4. The molecule has 8 nitrogen and oxygen atoms in total. The smallest absolute Gasteiger partial charge is 0.332 e. The van der Waals surface area contributed by atoms with Crippen molar-refractivity contribution in [2.75, 3.05) is 31.8 Å². The summed E-state index contributed by atoms with van der Waals surface area (Å²) in [6.07, 6.45) is 0.890. The molecular formula is C32H33N3O5. The quantitative estimate of drug-likeness (QED) is 0.270. The Morgan fingerprint density at radius 2 is 1.73 bits per heavy atom. The lowest BCUT2D eigenvalue weighted by molar-refractivity contribution is -0.125. The summed E-state index contributed by atoms with van der Waals surface area (Å²) < 4.78 is 17.5. The Bertz CT molecular complexity index is 1610. The molecule has 1 saturated heterocycles. The van der Waals surface area contributed by atoms with Crippen LogP contribution in [0.3, 0.4) is 0 Å². The molecule has 0 spiro atoms. The van der Waals surface area contributed by atoms with Crippen LogP contribution in [0.5, 0.6) is 17.2 Å². The highest BCUT2D eigenvalue weighted by atomic mass is 16.5. The maximum absolute atomic E-state index is 14.3. The predicted molar refractivity (Wildman–Crippen MR) is 153 cm³/mol. The fourth-order valence-corrected chi connectivity index (χ4v) is 6.06. The number of methoxy groups -OCH3 is 1. The minimum absolute atomic E-state index is 0.201. The van der Waals surface area contributed by atoms with Gasteiger partial charge in [-0.1, -0.05) is 43.3 Å². The molecular weight excluding hydrogens is 506 g/mol. The van der Waals surface area contributed by atoms with Crippen molar-refractivity contribution < 1.29 is 23.8 Å². The number of anilines is 1. The summed E-state index contributed by atoms with van der Waals surface area (Å²) in [5, 5.41) is 1.03. The number of hydrogen-bond acceptors (Lipinski definition) is 5. The molecule has 3 aromatic carbocycles. The average molecular weight is 540 g/mol. The molecule has 8 heteroatoms. The first-order valence-electron chi connectivity index (χ1n) is 13.7. The molecule has 3 amide bonds. The molecule has 1 fully saturated rings. The monoisotopic (exact) mass is 539 g/mol. The second-order valence-electron chi connectivity index (χ2n) is 10.3. The lowest BCUT2D eigenvalue weighted by atomic mass is 9.78. The van der Waals surface area contributed by atoms with Crippen LogP contribution < -0.4 is 19.1 Å². The Morgan fingerprint density at radius 1 is 0.950 bits per heavy atom. The molecule has 0 bridgehead atoms. The van der Waals surface area contributed by atoms with Crippen LogP contribution in [0.4, 0.5) is 10.5 Å². The lowest BCUT2D eigenvalue weighted by Crippen LogP contribution is -2.50. The van der Waals surface area contributed by atoms with Gasteiger partial charge in [0.05, 0.1) is 31.7 Å². The number of H-pyrrole nitrogens is 1. The molecule has 0 aliphatic carbocycles. The SMILES string of the molecule is CCCOc1ccc(C2CN3C(=O)N(c4ccccc4OC)C(=O)C3(C)c3[nH]c4ccccc4c32)cc1OCC. The van der Waals surface area contributed by atoms with E-state index in [1.807, 2.05) is 56.3 Å². The van der Waals surface area contributed by atoms with Crippen molar-refractivity contribution in [2.45, 2.75) is 38.6 Å². The van der Waals surface area contributed by atoms with Gasteiger partial charge in [0, 0.05) is 23.4 Å². The van der Waals surface area contributed by atoms with Gasteiger partial charge in [-0.15, -0.1) is 0 Å². The summed E-state index contributed by atoms with van der Waals surface area (Å²) in [7, 11) is 1.54. The van der Waals surface area contributed by atoms with Gasteiger partial charge < -0.3 is 24.1 Å². The van der Waals surface area contributed by atoms with Crippen LogP contribution in [-0.2, 0) is 10.3 Å². The molecule has 4 aromatic rings. The molecule has 0 radical (unpaired) electrons. The third kappa shape index (κ3) is 3.73. The number of nitrogens with zero attached hydrogens (tertiary/aromatic N) is 2. The highest BCUT2D eigenvalue weighted by Crippen LogP contribution is 2.51. The molecule has 1 N–H and O–H groups in total. The number of aromatic nitrogens is 1. The van der Waals surface area contributed by atoms with Crippen LogP contribution in [0.25, 0.3) is 10.9 Å². The molecule has 2 atom stereocenters. The Kier molecular flexibility index (Phi) is 6.41. The molecule has 3 heterocycles. The fourth-order valence-electron chi connectivity index (χ4n) is 6.06. The van der Waals surface area contributed by atoms with Gasteiger partial charge in [-0.25, -0.2) is 9.69 Å². The van der Waals surface area contributed by atoms with Gasteiger partial charge in [0.2, 0.25) is 0 Å². The number of urea groups is 1. The van der Waals surface area contributed by atoms with Crippen LogP contribution >= 0.6 is 0 Å². The summed E-state index contributed by atoms with van der Waals surface area (Å²) in [4.78, 5) is 34.8. The minimum atomic E-state index is -1.21. The number of para-hydroxylation sites is 3. The van der Waals surface area contributed by atoms with Crippen LogP contribution in [0.1, 0.15) is 49.9 Å². The Morgan fingerprint density at radius 3 is 2.50 bits per heavy atom. The maximum Gasteiger partial charge on any atom is 0.332 e. The summed E-state index contributed by atoms with van der Waals surface area (Å²) >= 11 is 0. The van der Waals surface area contributed by atoms with Gasteiger partial charge in [-0.2, -0.15) is 0 Å². The number of carbonyl (C=O) groups excluding carboxylic acids is 2. The van der Waals surface area contributed by atoms with Crippen molar-refractivity contribution in [2.24, 2.45) is 0 Å². The van der Waals surface area contributed by atoms with Crippen LogP contribution in [0, 0.1) is 0 Å². The van der Waals surface area contributed by atoms with E-state index in [-0.39, 0.29) is 17.9 Å².